The summed E-state index contributed by atoms with van der Waals surface area (Å²) in [5, 5.41) is 18.2. The van der Waals surface area contributed by atoms with E-state index in [0.29, 0.717) is 23.9 Å². The predicted octanol–water partition coefficient (Wildman–Crippen LogP) is 3.49. The average Bonchev–Trinajstić information content (AvgIpc) is 3.33. The van der Waals surface area contributed by atoms with E-state index in [-0.39, 0.29) is 10.7 Å². The van der Waals surface area contributed by atoms with Crippen molar-refractivity contribution in [3.63, 3.8) is 0 Å². The molecule has 4 aromatic rings. The van der Waals surface area contributed by atoms with Crippen molar-refractivity contribution in [3.05, 3.63) is 76.7 Å². The van der Waals surface area contributed by atoms with Gasteiger partial charge in [-0.1, -0.05) is 12.1 Å². The summed E-state index contributed by atoms with van der Waals surface area (Å²) in [4.78, 5) is 4.50. The van der Waals surface area contributed by atoms with E-state index in [2.05, 4.69) is 4.98 Å². The third-order valence-electron chi connectivity index (χ3n) is 4.79. The van der Waals surface area contributed by atoms with E-state index in [0.717, 1.165) is 22.0 Å². The molecular weight excluding hydrogens is 441 g/mol. The van der Waals surface area contributed by atoms with Gasteiger partial charge in [-0.05, 0) is 54.8 Å². The van der Waals surface area contributed by atoms with Gasteiger partial charge in [0.15, 0.2) is 11.4 Å². The lowest BCUT2D eigenvalue weighted by atomic mass is 10.0. The second-order valence-electron chi connectivity index (χ2n) is 6.91. The standard InChI is InChI=1S/C21H20FN3O4S2/c1-2-29-20(26)18-12-30-21(24-18)25-11-14(17-10-15(22)5-8-19(17)25)9-13-3-6-16(7-4-13)31(23,27)28/h3-8,10-12,20,26H,2,9H2,1H3,(H2,23,27,28). The molecule has 0 aliphatic rings. The molecule has 0 amide bonds. The molecule has 0 bridgehead atoms. The Balaban J connectivity index is 1.73. The minimum absolute atomic E-state index is 0.0351. The fourth-order valence-electron chi connectivity index (χ4n) is 3.33. The van der Waals surface area contributed by atoms with E-state index in [1.807, 2.05) is 10.8 Å². The third kappa shape index (κ3) is 4.53. The second-order valence-corrected chi connectivity index (χ2v) is 9.31. The monoisotopic (exact) mass is 461 g/mol. The summed E-state index contributed by atoms with van der Waals surface area (Å²) in [7, 11) is -3.76. The highest BCUT2D eigenvalue weighted by molar-refractivity contribution is 7.89. The Labute approximate surface area is 182 Å². The number of benzene rings is 2. The van der Waals surface area contributed by atoms with E-state index in [9.17, 15) is 17.9 Å². The Bertz CT molecular complexity index is 1330. The normalized spacial score (nSPS) is 13.0. The lowest BCUT2D eigenvalue weighted by molar-refractivity contribution is -0.100. The van der Waals surface area contributed by atoms with Crippen molar-refractivity contribution >= 4 is 32.3 Å². The molecule has 0 aliphatic carbocycles. The highest BCUT2D eigenvalue weighted by atomic mass is 32.2. The number of ether oxygens (including phenoxy) is 1. The van der Waals surface area contributed by atoms with Crippen LogP contribution in [0.5, 0.6) is 0 Å². The topological polar surface area (TPSA) is 107 Å². The van der Waals surface area contributed by atoms with Crippen LogP contribution in [-0.2, 0) is 21.2 Å². The number of primary sulfonamides is 1. The molecule has 2 aromatic carbocycles. The maximum absolute atomic E-state index is 14.0. The van der Waals surface area contributed by atoms with Crippen LogP contribution in [0.15, 0.2) is 58.9 Å². The number of aromatic nitrogens is 2. The van der Waals surface area contributed by atoms with Gasteiger partial charge in [-0.15, -0.1) is 11.3 Å². The molecule has 0 spiro atoms. The number of aliphatic hydroxyl groups is 1. The van der Waals surface area contributed by atoms with Crippen LogP contribution in [0.3, 0.4) is 0 Å². The quantitative estimate of drug-likeness (QED) is 0.410. The van der Waals surface area contributed by atoms with Gasteiger partial charge in [-0.25, -0.2) is 22.9 Å². The molecule has 2 aromatic heterocycles. The number of thiazole rings is 1. The average molecular weight is 462 g/mol. The van der Waals surface area contributed by atoms with Gasteiger partial charge >= 0.3 is 0 Å². The summed E-state index contributed by atoms with van der Waals surface area (Å²) in [6.45, 7) is 2.14. The molecule has 1 unspecified atom stereocenters. The highest BCUT2D eigenvalue weighted by Gasteiger charge is 2.17. The number of halogens is 1. The van der Waals surface area contributed by atoms with Crippen molar-refractivity contribution in [3.8, 4) is 5.13 Å². The van der Waals surface area contributed by atoms with Crippen LogP contribution in [0.2, 0.25) is 0 Å². The number of sulfonamides is 1. The molecule has 10 heteroatoms. The summed E-state index contributed by atoms with van der Waals surface area (Å²) >= 11 is 1.34. The SMILES string of the molecule is CCOC(O)c1csc(-n2cc(Cc3ccc(S(N)(=O)=O)cc3)c3cc(F)ccc32)n1. The molecule has 31 heavy (non-hydrogen) atoms. The van der Waals surface area contributed by atoms with E-state index in [1.54, 1.807) is 30.5 Å². The van der Waals surface area contributed by atoms with Gasteiger partial charge in [0.2, 0.25) is 10.0 Å². The number of hydrogen-bond acceptors (Lipinski definition) is 6. The number of aliphatic hydroxyl groups excluding tert-OH is 1. The first-order valence-electron chi connectivity index (χ1n) is 9.43. The molecule has 0 saturated carbocycles. The Morgan fingerprint density at radius 1 is 1.26 bits per heavy atom. The molecule has 1 atom stereocenters. The first-order valence-corrected chi connectivity index (χ1v) is 11.9. The largest absolute Gasteiger partial charge is 0.363 e. The van der Waals surface area contributed by atoms with Crippen molar-refractivity contribution in [2.24, 2.45) is 5.14 Å². The van der Waals surface area contributed by atoms with Crippen LogP contribution < -0.4 is 5.14 Å². The van der Waals surface area contributed by atoms with Crippen LogP contribution in [0.4, 0.5) is 4.39 Å². The molecular formula is C21H20FN3O4S2. The first-order chi connectivity index (χ1) is 14.8. The fourth-order valence-corrected chi connectivity index (χ4v) is 4.66. The summed E-state index contributed by atoms with van der Waals surface area (Å²) in [5.41, 5.74) is 2.87. The maximum Gasteiger partial charge on any atom is 0.238 e. The van der Waals surface area contributed by atoms with Gasteiger partial charge < -0.3 is 9.84 Å². The number of fused-ring (bicyclic) bond motifs is 1. The number of hydrogen-bond donors (Lipinski definition) is 2. The summed E-state index contributed by atoms with van der Waals surface area (Å²) in [6, 6.07) is 10.8. The number of nitrogens with two attached hydrogens (primary N) is 1. The highest BCUT2D eigenvalue weighted by Crippen LogP contribution is 2.30. The predicted molar refractivity (Wildman–Crippen MR) is 116 cm³/mol. The lowest BCUT2D eigenvalue weighted by Crippen LogP contribution is -2.11. The van der Waals surface area contributed by atoms with Crippen molar-refractivity contribution in [1.29, 1.82) is 0 Å². The van der Waals surface area contributed by atoms with Gasteiger partial charge in [-0.2, -0.15) is 0 Å². The van der Waals surface area contributed by atoms with Gasteiger partial charge in [-0.3, -0.25) is 4.57 Å². The van der Waals surface area contributed by atoms with Gasteiger partial charge in [0.05, 0.1) is 10.4 Å². The van der Waals surface area contributed by atoms with E-state index in [1.165, 1.54) is 35.6 Å². The number of rotatable bonds is 7. The van der Waals surface area contributed by atoms with Crippen LogP contribution in [0.25, 0.3) is 16.0 Å². The molecule has 0 radical (unpaired) electrons. The van der Waals surface area contributed by atoms with Crippen LogP contribution in [0.1, 0.15) is 30.0 Å². The molecule has 2 heterocycles. The zero-order valence-electron chi connectivity index (χ0n) is 16.5. The summed E-state index contributed by atoms with van der Waals surface area (Å²) in [6.07, 6.45) is 1.22. The van der Waals surface area contributed by atoms with Crippen molar-refractivity contribution < 1.29 is 22.7 Å². The fraction of sp³-hybridized carbons (Fsp3) is 0.190. The van der Waals surface area contributed by atoms with Crippen LogP contribution in [0, 0.1) is 5.82 Å². The zero-order chi connectivity index (χ0) is 22.2. The molecule has 7 nitrogen and oxygen atoms in total. The Morgan fingerprint density at radius 3 is 2.68 bits per heavy atom. The van der Waals surface area contributed by atoms with E-state index < -0.39 is 16.3 Å². The Morgan fingerprint density at radius 2 is 2.00 bits per heavy atom. The van der Waals surface area contributed by atoms with Gasteiger partial charge in [0, 0.05) is 23.6 Å². The molecule has 0 fully saturated rings. The molecule has 0 aliphatic heterocycles. The van der Waals surface area contributed by atoms with Gasteiger partial charge in [0.1, 0.15) is 11.5 Å². The van der Waals surface area contributed by atoms with Gasteiger partial charge in [0.25, 0.3) is 0 Å². The maximum atomic E-state index is 14.0. The Kier molecular flexibility index (Phi) is 5.91. The molecule has 162 valence electrons. The van der Waals surface area contributed by atoms with Crippen molar-refractivity contribution in [2.75, 3.05) is 6.61 Å². The Hall–Kier alpha value is -2.63. The minimum atomic E-state index is -3.76. The van der Waals surface area contributed by atoms with Crippen LogP contribution in [-0.4, -0.2) is 29.7 Å². The zero-order valence-corrected chi connectivity index (χ0v) is 18.2. The second kappa shape index (κ2) is 8.48. The molecule has 4 rings (SSSR count). The lowest BCUT2D eigenvalue weighted by Gasteiger charge is -2.06. The summed E-state index contributed by atoms with van der Waals surface area (Å²) in [5.74, 6) is -0.359. The van der Waals surface area contributed by atoms with Crippen LogP contribution >= 0.6 is 11.3 Å². The number of nitrogens with zero attached hydrogens (tertiary/aromatic N) is 2. The molecule has 0 saturated heterocycles. The minimum Gasteiger partial charge on any atom is -0.363 e. The smallest absolute Gasteiger partial charge is 0.238 e. The van der Waals surface area contributed by atoms with E-state index in [4.69, 9.17) is 9.88 Å². The summed E-state index contributed by atoms with van der Waals surface area (Å²) < 4.78 is 44.0. The van der Waals surface area contributed by atoms with Crippen molar-refractivity contribution in [1.82, 2.24) is 9.55 Å². The van der Waals surface area contributed by atoms with E-state index >= 15 is 0 Å². The first kappa shape index (κ1) is 21.6. The third-order valence-corrected chi connectivity index (χ3v) is 6.58. The molecule has 3 N–H and O–H groups in total. The van der Waals surface area contributed by atoms with Crippen molar-refractivity contribution in [2.45, 2.75) is 24.5 Å².